The molecule has 0 fully saturated rings. The second-order valence-electron chi connectivity index (χ2n) is 5.62. The van der Waals surface area contributed by atoms with E-state index in [-0.39, 0.29) is 12.7 Å². The number of rotatable bonds is 7. The fourth-order valence-electron chi connectivity index (χ4n) is 2.45. The maximum absolute atomic E-state index is 12.2. The van der Waals surface area contributed by atoms with E-state index in [1.54, 1.807) is 18.5 Å². The highest BCUT2D eigenvalue weighted by Crippen LogP contribution is 2.35. The van der Waals surface area contributed by atoms with Crippen molar-refractivity contribution in [2.75, 3.05) is 18.7 Å². The predicted octanol–water partition coefficient (Wildman–Crippen LogP) is 3.47. The Hall–Kier alpha value is -2.76. The third-order valence-corrected chi connectivity index (χ3v) is 3.73. The molecule has 0 aliphatic carbocycles. The first-order chi connectivity index (χ1) is 11.8. The summed E-state index contributed by atoms with van der Waals surface area (Å²) in [6.45, 7) is 3.07. The third kappa shape index (κ3) is 3.95. The summed E-state index contributed by atoms with van der Waals surface area (Å²) < 4.78 is 10.7. The van der Waals surface area contributed by atoms with E-state index < -0.39 is 0 Å². The molecule has 24 heavy (non-hydrogen) atoms. The molecule has 126 valence electrons. The quantitative estimate of drug-likeness (QED) is 0.762. The molecule has 6 heteroatoms. The van der Waals surface area contributed by atoms with Crippen molar-refractivity contribution in [1.82, 2.24) is 10.3 Å². The lowest BCUT2D eigenvalue weighted by Crippen LogP contribution is -2.24. The molecule has 1 aliphatic heterocycles. The minimum Gasteiger partial charge on any atom is -0.454 e. The van der Waals surface area contributed by atoms with Gasteiger partial charge in [-0.05, 0) is 24.6 Å². The van der Waals surface area contributed by atoms with Crippen molar-refractivity contribution < 1.29 is 14.3 Å². The molecular formula is C18H21N3O3. The van der Waals surface area contributed by atoms with Crippen LogP contribution in [-0.2, 0) is 0 Å². The summed E-state index contributed by atoms with van der Waals surface area (Å²) in [6.07, 6.45) is 6.49. The van der Waals surface area contributed by atoms with E-state index in [1.165, 1.54) is 0 Å². The molecule has 1 amide bonds. The van der Waals surface area contributed by atoms with Crippen molar-refractivity contribution in [1.29, 1.82) is 0 Å². The van der Waals surface area contributed by atoms with Crippen molar-refractivity contribution in [3.63, 3.8) is 0 Å². The van der Waals surface area contributed by atoms with Gasteiger partial charge in [-0.3, -0.25) is 9.78 Å². The average molecular weight is 327 g/mol. The van der Waals surface area contributed by atoms with E-state index in [1.807, 2.05) is 18.2 Å². The number of benzene rings is 1. The van der Waals surface area contributed by atoms with Gasteiger partial charge in [0.2, 0.25) is 6.79 Å². The molecule has 2 aromatic rings. The minimum absolute atomic E-state index is 0.104. The van der Waals surface area contributed by atoms with Gasteiger partial charge in [-0.1, -0.05) is 19.8 Å². The molecule has 1 aliphatic rings. The van der Waals surface area contributed by atoms with Gasteiger partial charge in [0.25, 0.3) is 5.91 Å². The van der Waals surface area contributed by atoms with Crippen molar-refractivity contribution in [3.05, 3.63) is 42.2 Å². The molecule has 0 saturated carbocycles. The molecule has 1 aromatic heterocycles. The Morgan fingerprint density at radius 2 is 2.00 bits per heavy atom. The number of nitrogens with zero attached hydrogens (tertiary/aromatic N) is 1. The van der Waals surface area contributed by atoms with Crippen LogP contribution in [0, 0.1) is 0 Å². The fraction of sp³-hybridized carbons (Fsp3) is 0.333. The number of hydrogen-bond acceptors (Lipinski definition) is 5. The summed E-state index contributed by atoms with van der Waals surface area (Å²) in [5.41, 5.74) is 2.13. The summed E-state index contributed by atoms with van der Waals surface area (Å²) in [4.78, 5) is 16.3. The summed E-state index contributed by atoms with van der Waals surface area (Å²) >= 11 is 0. The molecule has 0 unspecified atom stereocenters. The summed E-state index contributed by atoms with van der Waals surface area (Å²) in [6, 6.07) is 7.39. The third-order valence-electron chi connectivity index (χ3n) is 3.73. The average Bonchev–Trinajstić information content (AvgIpc) is 3.06. The normalized spacial score (nSPS) is 12.0. The number of pyridine rings is 1. The zero-order valence-electron chi connectivity index (χ0n) is 13.7. The zero-order valence-corrected chi connectivity index (χ0v) is 13.7. The van der Waals surface area contributed by atoms with Gasteiger partial charge in [-0.2, -0.15) is 0 Å². The van der Waals surface area contributed by atoms with E-state index in [0.29, 0.717) is 17.9 Å². The lowest BCUT2D eigenvalue weighted by Gasteiger charge is -2.09. The largest absolute Gasteiger partial charge is 0.454 e. The summed E-state index contributed by atoms with van der Waals surface area (Å²) in [5.74, 6) is 1.34. The first-order valence-corrected chi connectivity index (χ1v) is 8.16. The van der Waals surface area contributed by atoms with Gasteiger partial charge in [0.15, 0.2) is 11.5 Å². The number of fused-ring (bicyclic) bond motifs is 1. The van der Waals surface area contributed by atoms with Crippen molar-refractivity contribution in [3.8, 4) is 11.5 Å². The van der Waals surface area contributed by atoms with Crippen molar-refractivity contribution >= 4 is 17.3 Å². The lowest BCUT2D eigenvalue weighted by atomic mass is 10.2. The molecule has 0 radical (unpaired) electrons. The predicted molar refractivity (Wildman–Crippen MR) is 91.9 cm³/mol. The van der Waals surface area contributed by atoms with Gasteiger partial charge < -0.3 is 20.1 Å². The van der Waals surface area contributed by atoms with Gasteiger partial charge in [0, 0.05) is 24.5 Å². The maximum Gasteiger partial charge on any atom is 0.252 e. The number of carbonyl (C=O) groups excluding carboxylic acids is 1. The number of unbranched alkanes of at least 4 members (excludes halogenated alkanes) is 2. The van der Waals surface area contributed by atoms with Crippen LogP contribution in [-0.4, -0.2) is 24.2 Å². The Balaban J connectivity index is 1.63. The number of nitrogens with one attached hydrogen (secondary N) is 2. The Morgan fingerprint density at radius 3 is 2.88 bits per heavy atom. The van der Waals surface area contributed by atoms with E-state index in [2.05, 4.69) is 22.5 Å². The second-order valence-corrected chi connectivity index (χ2v) is 5.62. The molecule has 1 aromatic carbocycles. The first kappa shape index (κ1) is 16.1. The molecular weight excluding hydrogens is 306 g/mol. The van der Waals surface area contributed by atoms with Crippen LogP contribution in [0.15, 0.2) is 36.7 Å². The van der Waals surface area contributed by atoms with Crippen LogP contribution in [0.2, 0.25) is 0 Å². The molecule has 0 atom stereocenters. The topological polar surface area (TPSA) is 72.5 Å². The van der Waals surface area contributed by atoms with E-state index in [0.717, 1.165) is 36.4 Å². The Bertz CT molecular complexity index is 718. The number of anilines is 2. The van der Waals surface area contributed by atoms with Crippen molar-refractivity contribution in [2.45, 2.75) is 26.2 Å². The van der Waals surface area contributed by atoms with E-state index in [9.17, 15) is 4.79 Å². The number of ether oxygens (including phenoxy) is 2. The van der Waals surface area contributed by atoms with Gasteiger partial charge in [-0.25, -0.2) is 0 Å². The second kappa shape index (κ2) is 7.68. The Morgan fingerprint density at radius 1 is 1.12 bits per heavy atom. The molecule has 0 saturated heterocycles. The molecule has 3 rings (SSSR count). The van der Waals surface area contributed by atoms with Crippen LogP contribution in [0.1, 0.15) is 36.5 Å². The van der Waals surface area contributed by atoms with Gasteiger partial charge in [0.05, 0.1) is 17.4 Å². The number of hydrogen-bond donors (Lipinski definition) is 2. The fourth-order valence-corrected chi connectivity index (χ4v) is 2.45. The first-order valence-electron chi connectivity index (χ1n) is 8.16. The SMILES string of the molecule is CCCCCNC(=O)c1cncc(Nc2ccc3c(c2)OCO3)c1. The lowest BCUT2D eigenvalue weighted by molar-refractivity contribution is 0.0952. The van der Waals surface area contributed by atoms with Gasteiger partial charge >= 0.3 is 0 Å². The maximum atomic E-state index is 12.2. The van der Waals surface area contributed by atoms with Crippen LogP contribution < -0.4 is 20.1 Å². The molecule has 0 bridgehead atoms. The number of amides is 1. The van der Waals surface area contributed by atoms with Gasteiger partial charge in [-0.15, -0.1) is 0 Å². The highest BCUT2D eigenvalue weighted by molar-refractivity contribution is 5.94. The highest BCUT2D eigenvalue weighted by Gasteiger charge is 2.13. The van der Waals surface area contributed by atoms with Crippen LogP contribution >= 0.6 is 0 Å². The van der Waals surface area contributed by atoms with Crippen LogP contribution in [0.5, 0.6) is 11.5 Å². The number of aromatic nitrogens is 1. The monoisotopic (exact) mass is 327 g/mol. The van der Waals surface area contributed by atoms with Crippen molar-refractivity contribution in [2.24, 2.45) is 0 Å². The van der Waals surface area contributed by atoms with Crippen LogP contribution in [0.4, 0.5) is 11.4 Å². The highest BCUT2D eigenvalue weighted by atomic mass is 16.7. The van der Waals surface area contributed by atoms with E-state index >= 15 is 0 Å². The molecule has 2 heterocycles. The molecule has 0 spiro atoms. The number of carbonyl (C=O) groups is 1. The van der Waals surface area contributed by atoms with Crippen LogP contribution in [0.25, 0.3) is 0 Å². The summed E-state index contributed by atoms with van der Waals surface area (Å²) in [5, 5.41) is 6.14. The van der Waals surface area contributed by atoms with Gasteiger partial charge in [0.1, 0.15) is 0 Å². The van der Waals surface area contributed by atoms with E-state index in [4.69, 9.17) is 9.47 Å². The standard InChI is InChI=1S/C18H21N3O3/c1-2-3-4-7-20-18(22)13-8-15(11-19-10-13)21-14-5-6-16-17(9-14)24-12-23-16/h5-6,8-11,21H,2-4,7,12H2,1H3,(H,20,22). The molecule has 2 N–H and O–H groups in total. The Labute approximate surface area is 141 Å². The Kier molecular flexibility index (Phi) is 5.15. The minimum atomic E-state index is -0.104. The summed E-state index contributed by atoms with van der Waals surface area (Å²) in [7, 11) is 0. The zero-order chi connectivity index (χ0) is 16.8. The smallest absolute Gasteiger partial charge is 0.252 e. The van der Waals surface area contributed by atoms with Crippen LogP contribution in [0.3, 0.4) is 0 Å². The molecule has 6 nitrogen and oxygen atoms in total.